The maximum atomic E-state index is 13.6. The van der Waals surface area contributed by atoms with Gasteiger partial charge in [-0.3, -0.25) is 0 Å². The Morgan fingerprint density at radius 2 is 1.86 bits per heavy atom. The number of aromatic nitrogens is 2. The number of halogens is 4. The first-order valence-corrected chi connectivity index (χ1v) is 7.97. The summed E-state index contributed by atoms with van der Waals surface area (Å²) in [4.78, 5) is 19.3. The van der Waals surface area contributed by atoms with Gasteiger partial charge in [0, 0.05) is 10.9 Å². The van der Waals surface area contributed by atoms with Crippen LogP contribution in [0.25, 0.3) is 11.0 Å². The summed E-state index contributed by atoms with van der Waals surface area (Å²) in [6.07, 6.45) is -2.58. The lowest BCUT2D eigenvalue weighted by atomic mass is 10.1. The molecule has 3 aromatic rings. The quantitative estimate of drug-likeness (QED) is 0.580. The Kier molecular flexibility index (Phi) is 4.84. The van der Waals surface area contributed by atoms with Crippen LogP contribution in [-0.2, 0) is 0 Å². The smallest absolute Gasteiger partial charge is 0.416 e. The maximum Gasteiger partial charge on any atom is 0.416 e. The van der Waals surface area contributed by atoms with E-state index in [-0.39, 0.29) is 28.2 Å². The molecule has 28 heavy (non-hydrogen) atoms. The number of amides is 2. The van der Waals surface area contributed by atoms with E-state index in [2.05, 4.69) is 15.3 Å². The van der Waals surface area contributed by atoms with Crippen LogP contribution in [0, 0.1) is 19.7 Å². The van der Waals surface area contributed by atoms with E-state index in [0.717, 1.165) is 24.5 Å². The molecular weight excluding hydrogens is 382 g/mol. The first kappa shape index (κ1) is 19.4. The van der Waals surface area contributed by atoms with Crippen molar-refractivity contribution in [3.63, 3.8) is 0 Å². The van der Waals surface area contributed by atoms with Crippen molar-refractivity contribution < 1.29 is 26.8 Å². The molecule has 11 heteroatoms. The molecule has 0 aliphatic heterocycles. The van der Waals surface area contributed by atoms with Crippen molar-refractivity contribution in [2.45, 2.75) is 26.1 Å². The Morgan fingerprint density at radius 1 is 1.21 bits per heavy atom. The van der Waals surface area contributed by atoms with Crippen molar-refractivity contribution in [2.24, 2.45) is 0 Å². The molecule has 2 amide bonds. The van der Waals surface area contributed by atoms with Crippen LogP contribution in [0.4, 0.5) is 34.0 Å². The first-order chi connectivity index (χ1) is 13.1. The molecule has 0 saturated carbocycles. The number of nitrogen functional groups attached to an aromatic ring is 1. The molecule has 0 bridgehead atoms. The predicted octanol–water partition coefficient (Wildman–Crippen LogP) is 3.99. The summed E-state index contributed by atoms with van der Waals surface area (Å²) in [6.45, 7) is 2.88. The summed E-state index contributed by atoms with van der Waals surface area (Å²) in [5.41, 5.74) is 5.90. The molecule has 148 valence electrons. The number of hydrogen-bond donors (Lipinski definition) is 3. The molecule has 3 rings (SSSR count). The van der Waals surface area contributed by atoms with E-state index in [4.69, 9.17) is 10.2 Å². The van der Waals surface area contributed by atoms with Crippen LogP contribution in [-0.4, -0.2) is 22.2 Å². The fraction of sp³-hybridized carbons (Fsp3) is 0.235. The molecule has 0 saturated heterocycles. The molecule has 2 heterocycles. The minimum Gasteiger partial charge on any atom is -0.458 e. The van der Waals surface area contributed by atoms with Crippen LogP contribution >= 0.6 is 0 Å². The molecule has 1 unspecified atom stereocenters. The Labute approximate surface area is 155 Å². The van der Waals surface area contributed by atoms with Crippen molar-refractivity contribution in [3.05, 3.63) is 47.2 Å². The second kappa shape index (κ2) is 6.98. The van der Waals surface area contributed by atoms with Gasteiger partial charge in [0.1, 0.15) is 17.2 Å². The third-order valence-electron chi connectivity index (χ3n) is 4.02. The molecular formula is C17H15F4N5O2. The van der Waals surface area contributed by atoms with Gasteiger partial charge in [-0.15, -0.1) is 0 Å². The lowest BCUT2D eigenvalue weighted by Gasteiger charge is -2.20. The zero-order valence-corrected chi connectivity index (χ0v) is 14.7. The van der Waals surface area contributed by atoms with Gasteiger partial charge in [-0.05, 0) is 31.5 Å². The number of anilines is 2. The van der Waals surface area contributed by atoms with E-state index in [1.807, 2.05) is 5.32 Å². The molecule has 7 nitrogen and oxygen atoms in total. The van der Waals surface area contributed by atoms with E-state index < -0.39 is 29.8 Å². The van der Waals surface area contributed by atoms with Crippen LogP contribution in [0.2, 0.25) is 0 Å². The summed E-state index contributed by atoms with van der Waals surface area (Å²) in [5, 5.41) is 4.21. The highest BCUT2D eigenvalue weighted by atomic mass is 19.4. The fourth-order valence-electron chi connectivity index (χ4n) is 2.74. The molecule has 0 radical (unpaired) electrons. The Balaban J connectivity index is 1.94. The van der Waals surface area contributed by atoms with Gasteiger partial charge in [-0.2, -0.15) is 13.2 Å². The molecule has 1 aromatic carbocycles. The van der Waals surface area contributed by atoms with Crippen molar-refractivity contribution in [1.29, 1.82) is 0 Å². The minimum atomic E-state index is -4.86. The van der Waals surface area contributed by atoms with Gasteiger partial charge in [0.15, 0.2) is 6.04 Å². The highest BCUT2D eigenvalue weighted by Crippen LogP contribution is 2.39. The third-order valence-corrected chi connectivity index (χ3v) is 4.02. The second-order valence-corrected chi connectivity index (χ2v) is 6.09. The minimum absolute atomic E-state index is 0.0480. The van der Waals surface area contributed by atoms with Crippen LogP contribution in [0.3, 0.4) is 0 Å². The van der Waals surface area contributed by atoms with E-state index in [1.165, 1.54) is 13.8 Å². The van der Waals surface area contributed by atoms with E-state index >= 15 is 0 Å². The number of rotatable bonds is 3. The van der Waals surface area contributed by atoms with Crippen molar-refractivity contribution >= 4 is 28.6 Å². The zero-order chi connectivity index (χ0) is 20.6. The van der Waals surface area contributed by atoms with Crippen LogP contribution in [0.15, 0.2) is 28.9 Å². The first-order valence-electron chi connectivity index (χ1n) is 7.97. The van der Waals surface area contributed by atoms with Crippen LogP contribution < -0.4 is 16.4 Å². The largest absolute Gasteiger partial charge is 0.458 e. The number of nitrogens with zero attached hydrogens (tertiary/aromatic N) is 2. The number of urea groups is 1. The number of alkyl halides is 3. The van der Waals surface area contributed by atoms with Crippen LogP contribution in [0.1, 0.15) is 22.9 Å². The van der Waals surface area contributed by atoms with E-state index in [0.29, 0.717) is 5.56 Å². The van der Waals surface area contributed by atoms with Crippen molar-refractivity contribution in [2.75, 3.05) is 11.1 Å². The van der Waals surface area contributed by atoms with Gasteiger partial charge in [0.25, 0.3) is 0 Å². The number of aryl methyl sites for hydroxylation is 2. The number of carbonyl (C=O) groups excluding carboxylic acids is 1. The standard InChI is InChI=1S/C17H15F4N5O2/c1-7-3-9(18)4-11-8(2)13(28-12(7)11)14(17(19,20)21)26-16(27)25-10-5-23-15(22)24-6-10/h3-6,14H,1-2H3,(H2,22,23,24)(H2,25,26,27). The van der Waals surface area contributed by atoms with Gasteiger partial charge in [-0.25, -0.2) is 19.2 Å². The van der Waals surface area contributed by atoms with Gasteiger partial charge in [0.05, 0.1) is 18.1 Å². The maximum absolute atomic E-state index is 13.6. The molecule has 1 atom stereocenters. The number of carbonyl (C=O) groups is 1. The lowest BCUT2D eigenvalue weighted by molar-refractivity contribution is -0.158. The monoisotopic (exact) mass is 397 g/mol. The molecule has 0 aliphatic rings. The Hall–Kier alpha value is -3.37. The number of benzene rings is 1. The topological polar surface area (TPSA) is 106 Å². The number of nitrogens with one attached hydrogen (secondary N) is 2. The summed E-state index contributed by atoms with van der Waals surface area (Å²) < 4.78 is 59.9. The normalized spacial score (nSPS) is 12.8. The van der Waals surface area contributed by atoms with E-state index in [9.17, 15) is 22.4 Å². The number of furan rings is 1. The molecule has 0 spiro atoms. The molecule has 4 N–H and O–H groups in total. The molecule has 2 aromatic heterocycles. The average molecular weight is 397 g/mol. The molecule has 0 aliphatic carbocycles. The SMILES string of the molecule is Cc1c(C(NC(=O)Nc2cnc(N)nc2)C(F)(F)F)oc2c(C)cc(F)cc12. The fourth-order valence-corrected chi connectivity index (χ4v) is 2.74. The third kappa shape index (κ3) is 3.82. The zero-order valence-electron chi connectivity index (χ0n) is 14.7. The van der Waals surface area contributed by atoms with Crippen LogP contribution in [0.5, 0.6) is 0 Å². The number of hydrogen-bond acceptors (Lipinski definition) is 5. The Morgan fingerprint density at radius 3 is 2.46 bits per heavy atom. The van der Waals surface area contributed by atoms with Crippen molar-refractivity contribution in [1.82, 2.24) is 15.3 Å². The van der Waals surface area contributed by atoms with Gasteiger partial charge < -0.3 is 20.8 Å². The average Bonchev–Trinajstić information content (AvgIpc) is 2.91. The van der Waals surface area contributed by atoms with Gasteiger partial charge in [0.2, 0.25) is 5.95 Å². The molecule has 0 fully saturated rings. The highest BCUT2D eigenvalue weighted by molar-refractivity contribution is 5.90. The predicted molar refractivity (Wildman–Crippen MR) is 93.0 cm³/mol. The Bertz CT molecular complexity index is 1030. The summed E-state index contributed by atoms with van der Waals surface area (Å²) in [5.74, 6) is -1.18. The summed E-state index contributed by atoms with van der Waals surface area (Å²) >= 11 is 0. The summed E-state index contributed by atoms with van der Waals surface area (Å²) in [6, 6.07) is -1.36. The van der Waals surface area contributed by atoms with Gasteiger partial charge >= 0.3 is 12.2 Å². The number of fused-ring (bicyclic) bond motifs is 1. The number of nitrogens with two attached hydrogens (primary N) is 1. The highest BCUT2D eigenvalue weighted by Gasteiger charge is 2.45. The van der Waals surface area contributed by atoms with Crippen molar-refractivity contribution in [3.8, 4) is 0 Å². The second-order valence-electron chi connectivity index (χ2n) is 6.09. The van der Waals surface area contributed by atoms with E-state index in [1.54, 1.807) is 0 Å². The van der Waals surface area contributed by atoms with Gasteiger partial charge in [-0.1, -0.05) is 0 Å². The summed E-state index contributed by atoms with van der Waals surface area (Å²) in [7, 11) is 0. The lowest BCUT2D eigenvalue weighted by Crippen LogP contribution is -2.40.